The SMILES string of the molecule is CC(C)NS(=O)(=O)Cc1ccccc1CNC(=O)CCC(=O)c1ccc2c(c1)CCC2. The van der Waals surface area contributed by atoms with Crippen LogP contribution in [0.5, 0.6) is 0 Å². The Morgan fingerprint density at radius 1 is 0.968 bits per heavy atom. The molecule has 1 aliphatic rings. The van der Waals surface area contributed by atoms with Gasteiger partial charge in [-0.3, -0.25) is 9.59 Å². The lowest BCUT2D eigenvalue weighted by molar-refractivity contribution is -0.121. The molecule has 166 valence electrons. The third kappa shape index (κ3) is 6.74. The van der Waals surface area contributed by atoms with Crippen molar-refractivity contribution >= 4 is 21.7 Å². The number of ketones is 1. The maximum absolute atomic E-state index is 12.5. The first kappa shape index (κ1) is 23.2. The van der Waals surface area contributed by atoms with Gasteiger partial charge in [0.1, 0.15) is 0 Å². The second kappa shape index (κ2) is 10.2. The average molecular weight is 443 g/mol. The van der Waals surface area contributed by atoms with E-state index in [0.717, 1.165) is 24.8 Å². The molecule has 2 aromatic carbocycles. The summed E-state index contributed by atoms with van der Waals surface area (Å²) in [6, 6.07) is 12.8. The van der Waals surface area contributed by atoms with E-state index in [1.165, 1.54) is 11.1 Å². The molecule has 3 rings (SSSR count). The van der Waals surface area contributed by atoms with Gasteiger partial charge in [0, 0.05) is 31.0 Å². The number of rotatable bonds is 10. The first-order valence-electron chi connectivity index (χ1n) is 10.7. The Morgan fingerprint density at radius 2 is 1.68 bits per heavy atom. The van der Waals surface area contributed by atoms with E-state index >= 15 is 0 Å². The van der Waals surface area contributed by atoms with Gasteiger partial charge < -0.3 is 5.32 Å². The molecule has 0 heterocycles. The Balaban J connectivity index is 1.52. The standard InChI is InChI=1S/C24H30N2O4S/c1-17(2)26-31(29,30)16-22-7-4-3-6-21(22)15-25-24(28)13-12-23(27)20-11-10-18-8-5-9-19(18)14-20/h3-4,6-7,10-11,14,17,26H,5,8-9,12-13,15-16H2,1-2H3,(H,25,28). The predicted molar refractivity (Wildman–Crippen MR) is 121 cm³/mol. The van der Waals surface area contributed by atoms with Crippen LogP contribution in [0, 0.1) is 0 Å². The predicted octanol–water partition coefficient (Wildman–Crippen LogP) is 3.28. The van der Waals surface area contributed by atoms with Crippen LogP contribution in [0.1, 0.15) is 65.7 Å². The van der Waals surface area contributed by atoms with E-state index in [-0.39, 0.29) is 42.9 Å². The molecule has 0 aromatic heterocycles. The second-order valence-electron chi connectivity index (χ2n) is 8.34. The third-order valence-corrected chi connectivity index (χ3v) is 6.88. The van der Waals surface area contributed by atoms with Crippen LogP contribution in [0.4, 0.5) is 0 Å². The highest BCUT2D eigenvalue weighted by molar-refractivity contribution is 7.88. The minimum atomic E-state index is -3.46. The molecule has 0 saturated carbocycles. The zero-order valence-electron chi connectivity index (χ0n) is 18.1. The summed E-state index contributed by atoms with van der Waals surface area (Å²) in [6.07, 6.45) is 3.47. The molecule has 0 aliphatic heterocycles. The van der Waals surface area contributed by atoms with Gasteiger partial charge in [0.2, 0.25) is 15.9 Å². The van der Waals surface area contributed by atoms with E-state index in [1.807, 2.05) is 24.3 Å². The molecule has 0 fully saturated rings. The minimum Gasteiger partial charge on any atom is -0.352 e. The van der Waals surface area contributed by atoms with E-state index in [0.29, 0.717) is 11.1 Å². The first-order valence-corrected chi connectivity index (χ1v) is 12.4. The van der Waals surface area contributed by atoms with Gasteiger partial charge in [0.15, 0.2) is 5.78 Å². The van der Waals surface area contributed by atoms with Crippen LogP contribution in [-0.4, -0.2) is 26.2 Å². The number of hydrogen-bond donors (Lipinski definition) is 2. The van der Waals surface area contributed by atoms with E-state index in [9.17, 15) is 18.0 Å². The molecule has 2 N–H and O–H groups in total. The Hall–Kier alpha value is -2.51. The Kier molecular flexibility index (Phi) is 7.62. The number of Topliss-reactive ketones (excluding diaryl/α,β-unsaturated/α-hetero) is 1. The number of sulfonamides is 1. The van der Waals surface area contributed by atoms with Gasteiger partial charge in [-0.1, -0.05) is 36.4 Å². The molecule has 0 unspecified atom stereocenters. The maximum Gasteiger partial charge on any atom is 0.220 e. The third-order valence-electron chi connectivity index (χ3n) is 5.35. The van der Waals surface area contributed by atoms with Gasteiger partial charge in [-0.25, -0.2) is 13.1 Å². The van der Waals surface area contributed by atoms with Crippen LogP contribution in [0.2, 0.25) is 0 Å². The average Bonchev–Trinajstić information content (AvgIpc) is 3.18. The number of aryl methyl sites for hydroxylation is 2. The summed E-state index contributed by atoms with van der Waals surface area (Å²) < 4.78 is 27.1. The fraction of sp³-hybridized carbons (Fsp3) is 0.417. The van der Waals surface area contributed by atoms with Crippen LogP contribution in [0.25, 0.3) is 0 Å². The lowest BCUT2D eigenvalue weighted by atomic mass is 10.0. The zero-order chi connectivity index (χ0) is 22.4. The summed E-state index contributed by atoms with van der Waals surface area (Å²) in [5.74, 6) is -0.405. The van der Waals surface area contributed by atoms with Crippen molar-refractivity contribution < 1.29 is 18.0 Å². The van der Waals surface area contributed by atoms with Crippen LogP contribution in [-0.2, 0) is 40.0 Å². The fourth-order valence-electron chi connectivity index (χ4n) is 3.88. The number of carbonyl (C=O) groups is 2. The molecule has 2 aromatic rings. The number of fused-ring (bicyclic) bond motifs is 1. The highest BCUT2D eigenvalue weighted by atomic mass is 32.2. The molecule has 0 radical (unpaired) electrons. The first-order chi connectivity index (χ1) is 14.7. The molecule has 0 saturated heterocycles. The van der Waals surface area contributed by atoms with Crippen LogP contribution < -0.4 is 10.0 Å². The molecular weight excluding hydrogens is 412 g/mol. The number of benzene rings is 2. The van der Waals surface area contributed by atoms with Gasteiger partial charge >= 0.3 is 0 Å². The second-order valence-corrected chi connectivity index (χ2v) is 10.1. The van der Waals surface area contributed by atoms with Crippen molar-refractivity contribution in [3.05, 3.63) is 70.3 Å². The van der Waals surface area contributed by atoms with E-state index in [4.69, 9.17) is 0 Å². The van der Waals surface area contributed by atoms with Crippen molar-refractivity contribution in [2.75, 3.05) is 0 Å². The highest BCUT2D eigenvalue weighted by Crippen LogP contribution is 2.23. The highest BCUT2D eigenvalue weighted by Gasteiger charge is 2.17. The van der Waals surface area contributed by atoms with Crippen molar-refractivity contribution in [2.24, 2.45) is 0 Å². The van der Waals surface area contributed by atoms with Crippen LogP contribution in [0.3, 0.4) is 0 Å². The summed E-state index contributed by atoms with van der Waals surface area (Å²) in [7, 11) is -3.46. The fourth-order valence-corrected chi connectivity index (χ4v) is 5.37. The molecule has 0 atom stereocenters. The van der Waals surface area contributed by atoms with Gasteiger partial charge in [0.25, 0.3) is 0 Å². The number of carbonyl (C=O) groups excluding carboxylic acids is 2. The molecule has 6 nitrogen and oxygen atoms in total. The summed E-state index contributed by atoms with van der Waals surface area (Å²) in [5, 5.41) is 2.81. The van der Waals surface area contributed by atoms with Crippen molar-refractivity contribution in [2.45, 2.75) is 64.3 Å². The number of nitrogens with one attached hydrogen (secondary N) is 2. The molecule has 31 heavy (non-hydrogen) atoms. The minimum absolute atomic E-state index is 0.0314. The summed E-state index contributed by atoms with van der Waals surface area (Å²) in [5.41, 5.74) is 4.62. The van der Waals surface area contributed by atoms with E-state index in [2.05, 4.69) is 10.0 Å². The molecule has 0 spiro atoms. The topological polar surface area (TPSA) is 92.3 Å². The van der Waals surface area contributed by atoms with Crippen molar-refractivity contribution in [3.8, 4) is 0 Å². The molecule has 1 amide bonds. The lowest BCUT2D eigenvalue weighted by Gasteiger charge is -2.13. The Bertz CT molecular complexity index is 1060. The molecule has 7 heteroatoms. The van der Waals surface area contributed by atoms with Crippen molar-refractivity contribution in [3.63, 3.8) is 0 Å². The summed E-state index contributed by atoms with van der Waals surface area (Å²) in [6.45, 7) is 3.76. The van der Waals surface area contributed by atoms with Crippen LogP contribution >= 0.6 is 0 Å². The van der Waals surface area contributed by atoms with Crippen LogP contribution in [0.15, 0.2) is 42.5 Å². The van der Waals surface area contributed by atoms with Gasteiger partial charge in [0.05, 0.1) is 5.75 Å². The Labute approximate surface area is 184 Å². The van der Waals surface area contributed by atoms with E-state index < -0.39 is 10.0 Å². The maximum atomic E-state index is 12.5. The molecule has 1 aliphatic carbocycles. The summed E-state index contributed by atoms with van der Waals surface area (Å²) >= 11 is 0. The monoisotopic (exact) mass is 442 g/mol. The van der Waals surface area contributed by atoms with E-state index in [1.54, 1.807) is 32.0 Å². The Morgan fingerprint density at radius 3 is 2.42 bits per heavy atom. The van der Waals surface area contributed by atoms with Gasteiger partial charge in [-0.05, 0) is 61.4 Å². The zero-order valence-corrected chi connectivity index (χ0v) is 18.9. The van der Waals surface area contributed by atoms with Gasteiger partial charge in [-0.15, -0.1) is 0 Å². The lowest BCUT2D eigenvalue weighted by Crippen LogP contribution is -2.32. The molecule has 0 bridgehead atoms. The quantitative estimate of drug-likeness (QED) is 0.552. The summed E-state index contributed by atoms with van der Waals surface area (Å²) in [4.78, 5) is 24.8. The van der Waals surface area contributed by atoms with Crippen molar-refractivity contribution in [1.82, 2.24) is 10.0 Å². The normalized spacial score (nSPS) is 13.3. The van der Waals surface area contributed by atoms with Gasteiger partial charge in [-0.2, -0.15) is 0 Å². The van der Waals surface area contributed by atoms with Crippen molar-refractivity contribution in [1.29, 1.82) is 0 Å². The smallest absolute Gasteiger partial charge is 0.220 e. The number of amides is 1. The number of hydrogen-bond acceptors (Lipinski definition) is 4. The molecular formula is C24H30N2O4S. The largest absolute Gasteiger partial charge is 0.352 e.